The highest BCUT2D eigenvalue weighted by Gasteiger charge is 2.32. The van der Waals surface area contributed by atoms with E-state index in [1.54, 1.807) is 12.1 Å². The van der Waals surface area contributed by atoms with Gasteiger partial charge in [-0.2, -0.15) is 18.3 Å². The Balaban J connectivity index is 1.73. The lowest BCUT2D eigenvalue weighted by Crippen LogP contribution is -2.39. The van der Waals surface area contributed by atoms with Gasteiger partial charge in [0.15, 0.2) is 11.5 Å². The van der Waals surface area contributed by atoms with Crippen molar-refractivity contribution in [2.45, 2.75) is 6.18 Å². The molecule has 1 heterocycles. The van der Waals surface area contributed by atoms with Crippen LogP contribution in [0.1, 0.15) is 11.1 Å². The molecule has 0 bridgehead atoms. The van der Waals surface area contributed by atoms with Crippen LogP contribution in [0.2, 0.25) is 0 Å². The average Bonchev–Trinajstić information content (AvgIpc) is 3.12. The molecular formula is C18H15BrF3N3O5S. The molecule has 0 saturated heterocycles. The van der Waals surface area contributed by atoms with Gasteiger partial charge >= 0.3 is 6.18 Å². The Hall–Kier alpha value is -2.80. The van der Waals surface area contributed by atoms with Crippen LogP contribution in [-0.2, 0) is 21.0 Å². The maximum Gasteiger partial charge on any atom is 0.416 e. The Bertz CT molecular complexity index is 1140. The number of rotatable bonds is 6. The lowest BCUT2D eigenvalue weighted by Gasteiger charge is -2.22. The molecule has 2 aromatic rings. The Morgan fingerprint density at radius 1 is 1.26 bits per heavy atom. The normalized spacial score (nSPS) is 13.5. The Morgan fingerprint density at radius 3 is 2.58 bits per heavy atom. The number of hydrogen-bond acceptors (Lipinski definition) is 6. The first kappa shape index (κ1) is 22.9. The number of carbonyl (C=O) groups is 1. The quantitative estimate of drug-likeness (QED) is 0.465. The van der Waals surface area contributed by atoms with Gasteiger partial charge < -0.3 is 9.47 Å². The molecule has 0 unspecified atom stereocenters. The molecule has 0 radical (unpaired) electrons. The third-order valence-corrected chi connectivity index (χ3v) is 5.86. The van der Waals surface area contributed by atoms with E-state index < -0.39 is 34.2 Å². The van der Waals surface area contributed by atoms with Crippen LogP contribution in [0, 0.1) is 0 Å². The summed E-state index contributed by atoms with van der Waals surface area (Å²) in [5.41, 5.74) is 1.36. The van der Waals surface area contributed by atoms with Crippen molar-refractivity contribution in [2.75, 3.05) is 23.9 Å². The number of halogens is 4. The second kappa shape index (κ2) is 8.75. The van der Waals surface area contributed by atoms with E-state index in [0.29, 0.717) is 31.9 Å². The minimum absolute atomic E-state index is 0.0793. The van der Waals surface area contributed by atoms with Gasteiger partial charge in [-0.25, -0.2) is 13.8 Å². The number of amides is 1. The predicted molar refractivity (Wildman–Crippen MR) is 110 cm³/mol. The van der Waals surface area contributed by atoms with Gasteiger partial charge in [0.1, 0.15) is 6.54 Å². The summed E-state index contributed by atoms with van der Waals surface area (Å²) in [6, 6.07) is 6.96. The van der Waals surface area contributed by atoms with Gasteiger partial charge in [-0.05, 0) is 46.3 Å². The lowest BCUT2D eigenvalue weighted by molar-refractivity contribution is -0.137. The molecule has 166 valence electrons. The number of hydrazone groups is 1. The molecule has 1 N–H and O–H groups in total. The third-order valence-electron chi connectivity index (χ3n) is 4.03. The number of ether oxygens (including phenoxy) is 2. The van der Waals surface area contributed by atoms with Crippen LogP contribution in [0.3, 0.4) is 0 Å². The summed E-state index contributed by atoms with van der Waals surface area (Å²) in [7, 11) is -4.05. The highest BCUT2D eigenvalue weighted by Crippen LogP contribution is 2.36. The molecular weight excluding hydrogens is 507 g/mol. The predicted octanol–water partition coefficient (Wildman–Crippen LogP) is 3.11. The molecule has 13 heteroatoms. The maximum atomic E-state index is 12.9. The minimum Gasteiger partial charge on any atom is -0.454 e. The van der Waals surface area contributed by atoms with E-state index in [9.17, 15) is 26.4 Å². The van der Waals surface area contributed by atoms with Gasteiger partial charge in [-0.1, -0.05) is 6.07 Å². The molecule has 3 rings (SSSR count). The van der Waals surface area contributed by atoms with Gasteiger partial charge in [0.2, 0.25) is 16.8 Å². The molecule has 0 atom stereocenters. The second-order valence-electron chi connectivity index (χ2n) is 6.34. The minimum atomic E-state index is -4.66. The van der Waals surface area contributed by atoms with E-state index in [1.165, 1.54) is 6.21 Å². The van der Waals surface area contributed by atoms with Gasteiger partial charge in [0, 0.05) is 10.0 Å². The van der Waals surface area contributed by atoms with Crippen LogP contribution in [-0.4, -0.2) is 40.1 Å². The monoisotopic (exact) mass is 521 g/mol. The largest absolute Gasteiger partial charge is 0.454 e. The van der Waals surface area contributed by atoms with Crippen molar-refractivity contribution in [2.24, 2.45) is 5.10 Å². The summed E-state index contributed by atoms with van der Waals surface area (Å²) < 4.78 is 74.6. The molecule has 0 spiro atoms. The fraction of sp³-hybridized carbons (Fsp3) is 0.222. The van der Waals surface area contributed by atoms with Crippen molar-refractivity contribution in [3.8, 4) is 11.5 Å². The number of anilines is 1. The smallest absolute Gasteiger partial charge is 0.416 e. The van der Waals surface area contributed by atoms with E-state index in [1.807, 2.05) is 0 Å². The summed E-state index contributed by atoms with van der Waals surface area (Å²) in [5.74, 6) is 0.178. The number of benzene rings is 2. The van der Waals surface area contributed by atoms with Crippen molar-refractivity contribution in [3.63, 3.8) is 0 Å². The topological polar surface area (TPSA) is 97.3 Å². The van der Waals surface area contributed by atoms with Crippen LogP contribution >= 0.6 is 15.9 Å². The highest BCUT2D eigenvalue weighted by molar-refractivity contribution is 9.10. The molecule has 0 aromatic heterocycles. The molecule has 0 fully saturated rings. The van der Waals surface area contributed by atoms with Crippen LogP contribution in [0.5, 0.6) is 11.5 Å². The van der Waals surface area contributed by atoms with Crippen molar-refractivity contribution in [3.05, 3.63) is 52.0 Å². The standard InChI is InChI=1S/C18H15BrF3N3O5S/c1-31(27,28)25(13-4-2-3-12(6-13)18(20,21)22)9-17(26)24-23-8-11-5-15-16(7-14(11)19)30-10-29-15/h2-8H,9-10H2,1H3,(H,24,26)/b23-8-. The zero-order valence-corrected chi connectivity index (χ0v) is 18.2. The number of hydrogen-bond donors (Lipinski definition) is 1. The lowest BCUT2D eigenvalue weighted by atomic mass is 10.2. The molecule has 0 aliphatic carbocycles. The summed E-state index contributed by atoms with van der Waals surface area (Å²) in [5, 5.41) is 3.76. The van der Waals surface area contributed by atoms with E-state index in [-0.39, 0.29) is 12.5 Å². The van der Waals surface area contributed by atoms with Crippen LogP contribution in [0.15, 0.2) is 46.0 Å². The molecule has 1 aliphatic heterocycles. The van der Waals surface area contributed by atoms with Crippen molar-refractivity contribution >= 4 is 43.8 Å². The second-order valence-corrected chi connectivity index (χ2v) is 9.10. The number of nitrogens with one attached hydrogen (secondary N) is 1. The molecule has 8 nitrogen and oxygen atoms in total. The van der Waals surface area contributed by atoms with Crippen molar-refractivity contribution in [1.29, 1.82) is 0 Å². The van der Waals surface area contributed by atoms with Crippen LogP contribution in [0.4, 0.5) is 18.9 Å². The summed E-state index contributed by atoms with van der Waals surface area (Å²) in [4.78, 5) is 12.2. The fourth-order valence-electron chi connectivity index (χ4n) is 2.61. The Kier molecular flexibility index (Phi) is 6.46. The highest BCUT2D eigenvalue weighted by atomic mass is 79.9. The maximum absolute atomic E-state index is 12.9. The van der Waals surface area contributed by atoms with Gasteiger partial charge in [-0.15, -0.1) is 0 Å². The molecule has 0 saturated carbocycles. The number of fused-ring (bicyclic) bond motifs is 1. The number of sulfonamides is 1. The van der Waals surface area contributed by atoms with Gasteiger partial charge in [-0.3, -0.25) is 9.10 Å². The summed E-state index contributed by atoms with van der Waals surface area (Å²) >= 11 is 3.32. The summed E-state index contributed by atoms with van der Waals surface area (Å²) in [6.45, 7) is -0.685. The SMILES string of the molecule is CS(=O)(=O)N(CC(=O)N/N=C\c1cc2c(cc1Br)OCO2)c1cccc(C(F)(F)F)c1. The Labute approximate surface area is 183 Å². The van der Waals surface area contributed by atoms with E-state index in [4.69, 9.17) is 9.47 Å². The number of alkyl halides is 3. The number of nitrogens with zero attached hydrogens (tertiary/aromatic N) is 2. The number of carbonyl (C=O) groups excluding carboxylic acids is 1. The van der Waals surface area contributed by atoms with E-state index >= 15 is 0 Å². The van der Waals surface area contributed by atoms with Crippen molar-refractivity contribution in [1.82, 2.24) is 5.43 Å². The van der Waals surface area contributed by atoms with E-state index in [2.05, 4.69) is 26.5 Å². The summed E-state index contributed by atoms with van der Waals surface area (Å²) in [6.07, 6.45) is -2.59. The zero-order valence-electron chi connectivity index (χ0n) is 15.8. The first-order valence-corrected chi connectivity index (χ1v) is 11.2. The van der Waals surface area contributed by atoms with E-state index in [0.717, 1.165) is 24.5 Å². The fourth-order valence-corrected chi connectivity index (χ4v) is 3.88. The Morgan fingerprint density at radius 2 is 1.94 bits per heavy atom. The zero-order chi connectivity index (χ0) is 22.8. The molecule has 31 heavy (non-hydrogen) atoms. The van der Waals surface area contributed by atoms with Gasteiger partial charge in [0.25, 0.3) is 5.91 Å². The third kappa shape index (κ3) is 5.67. The average molecular weight is 522 g/mol. The van der Waals surface area contributed by atoms with Crippen molar-refractivity contribution < 1.29 is 35.9 Å². The van der Waals surface area contributed by atoms with Crippen LogP contribution in [0.25, 0.3) is 0 Å². The molecule has 1 aliphatic rings. The molecule has 1 amide bonds. The van der Waals surface area contributed by atoms with Gasteiger partial charge in [0.05, 0.1) is 23.7 Å². The first-order valence-electron chi connectivity index (χ1n) is 8.51. The molecule has 2 aromatic carbocycles. The first-order chi connectivity index (χ1) is 14.4. The van der Waals surface area contributed by atoms with Crippen LogP contribution < -0.4 is 19.2 Å².